The molecule has 0 radical (unpaired) electrons. The molecule has 0 fully saturated rings. The average Bonchev–Trinajstić information content (AvgIpc) is 2.69. The summed E-state index contributed by atoms with van der Waals surface area (Å²) in [6.45, 7) is 6.82. The van der Waals surface area contributed by atoms with Gasteiger partial charge in [-0.25, -0.2) is 0 Å². The lowest BCUT2D eigenvalue weighted by Crippen LogP contribution is -2.30. The molecule has 0 amide bonds. The number of esters is 1. The van der Waals surface area contributed by atoms with Crippen molar-refractivity contribution in [3.63, 3.8) is 0 Å². The number of nitrogens with zero attached hydrogens (tertiary/aromatic N) is 3. The highest BCUT2D eigenvalue weighted by molar-refractivity contribution is 6.07. The fraction of sp³-hybridized carbons (Fsp3) is 0.429. The highest BCUT2D eigenvalue weighted by Gasteiger charge is 2.30. The molecule has 0 unspecified atom stereocenters. The summed E-state index contributed by atoms with van der Waals surface area (Å²) in [4.78, 5) is 25.4. The Morgan fingerprint density at radius 2 is 1.85 bits per heavy atom. The molecule has 6 nitrogen and oxygen atoms in total. The van der Waals surface area contributed by atoms with Gasteiger partial charge in [0.2, 0.25) is 0 Å². The first-order chi connectivity index (χ1) is 13.1. The maximum Gasteiger partial charge on any atom is 0.305 e. The number of unbranched alkanes of at least 4 members (excludes halogenated alkanes) is 1. The van der Waals surface area contributed by atoms with Crippen molar-refractivity contribution in [3.05, 3.63) is 60.2 Å². The second kappa shape index (κ2) is 10.4. The molecule has 0 spiro atoms. The quantitative estimate of drug-likeness (QED) is 0.275. The van der Waals surface area contributed by atoms with Crippen LogP contribution >= 0.6 is 0 Å². The summed E-state index contributed by atoms with van der Waals surface area (Å²) in [5.74, 6) is -0.172. The van der Waals surface area contributed by atoms with Crippen molar-refractivity contribution < 1.29 is 14.4 Å². The van der Waals surface area contributed by atoms with Gasteiger partial charge in [0.15, 0.2) is 0 Å². The van der Waals surface area contributed by atoms with Crippen molar-refractivity contribution in [1.29, 1.82) is 0 Å². The monoisotopic (exact) mass is 369 g/mol. The van der Waals surface area contributed by atoms with E-state index in [0.29, 0.717) is 26.1 Å². The third kappa shape index (κ3) is 6.16. The molecule has 0 saturated carbocycles. The van der Waals surface area contributed by atoms with Crippen LogP contribution in [-0.4, -0.2) is 34.9 Å². The molecule has 0 atom stereocenters. The standard InChI is InChI=1S/C21H27N3O3/c1-4-26-19(25)11-5-6-14-27-24-20(17-9-7-12-22-15-17)21(2,3)18-10-8-13-23-16-18/h7-10,12-13,15-16H,4-6,11,14H2,1-3H3. The number of hydrogen-bond acceptors (Lipinski definition) is 6. The first kappa shape index (κ1) is 20.6. The molecule has 0 aromatic carbocycles. The van der Waals surface area contributed by atoms with E-state index in [2.05, 4.69) is 29.0 Å². The predicted octanol–water partition coefficient (Wildman–Crippen LogP) is 3.91. The second-order valence-electron chi connectivity index (χ2n) is 6.64. The molecule has 0 aliphatic carbocycles. The minimum Gasteiger partial charge on any atom is -0.466 e. The van der Waals surface area contributed by atoms with E-state index >= 15 is 0 Å². The molecule has 0 saturated heterocycles. The van der Waals surface area contributed by atoms with E-state index < -0.39 is 5.41 Å². The predicted molar refractivity (Wildman–Crippen MR) is 104 cm³/mol. The van der Waals surface area contributed by atoms with Crippen LogP contribution in [0.3, 0.4) is 0 Å². The Labute approximate surface area is 160 Å². The Balaban J connectivity index is 2.05. The second-order valence-corrected chi connectivity index (χ2v) is 6.64. The summed E-state index contributed by atoms with van der Waals surface area (Å²) in [6, 6.07) is 7.78. The molecule has 6 heteroatoms. The highest BCUT2D eigenvalue weighted by atomic mass is 16.6. The van der Waals surface area contributed by atoms with Crippen LogP contribution in [0.25, 0.3) is 0 Å². The maximum absolute atomic E-state index is 11.4. The molecule has 2 heterocycles. The zero-order valence-electron chi connectivity index (χ0n) is 16.2. The van der Waals surface area contributed by atoms with Gasteiger partial charge in [0.05, 0.1) is 12.3 Å². The van der Waals surface area contributed by atoms with Crippen LogP contribution in [0, 0.1) is 0 Å². The smallest absolute Gasteiger partial charge is 0.305 e. The van der Waals surface area contributed by atoms with E-state index in [1.807, 2.05) is 30.5 Å². The van der Waals surface area contributed by atoms with Crippen LogP contribution in [0.1, 0.15) is 51.2 Å². The van der Waals surface area contributed by atoms with Crippen molar-refractivity contribution in [3.8, 4) is 0 Å². The molecule has 0 aliphatic rings. The Bertz CT molecular complexity index is 731. The van der Waals surface area contributed by atoms with Gasteiger partial charge in [0, 0.05) is 42.2 Å². The molecule has 144 valence electrons. The zero-order chi connectivity index (χ0) is 19.5. The van der Waals surface area contributed by atoms with Gasteiger partial charge in [-0.15, -0.1) is 0 Å². The lowest BCUT2D eigenvalue weighted by atomic mass is 9.78. The third-order valence-corrected chi connectivity index (χ3v) is 4.24. The van der Waals surface area contributed by atoms with E-state index in [4.69, 9.17) is 9.57 Å². The Morgan fingerprint density at radius 1 is 1.11 bits per heavy atom. The number of ether oxygens (including phenoxy) is 1. The number of carbonyl (C=O) groups excluding carboxylic acids is 1. The van der Waals surface area contributed by atoms with Gasteiger partial charge >= 0.3 is 5.97 Å². The van der Waals surface area contributed by atoms with Crippen molar-refractivity contribution in [2.45, 2.75) is 45.4 Å². The SMILES string of the molecule is CCOC(=O)CCCCON=C(c1cccnc1)C(C)(C)c1cccnc1. The molecule has 0 aliphatic heterocycles. The number of oxime groups is 1. The van der Waals surface area contributed by atoms with Gasteiger partial charge in [-0.1, -0.05) is 11.2 Å². The summed E-state index contributed by atoms with van der Waals surface area (Å²) in [6.07, 6.45) is 8.94. The largest absolute Gasteiger partial charge is 0.466 e. The first-order valence-corrected chi connectivity index (χ1v) is 9.22. The molecule has 2 rings (SSSR count). The van der Waals surface area contributed by atoms with Crippen molar-refractivity contribution in [1.82, 2.24) is 9.97 Å². The van der Waals surface area contributed by atoms with Gasteiger partial charge in [0.25, 0.3) is 0 Å². The third-order valence-electron chi connectivity index (χ3n) is 4.24. The normalized spacial score (nSPS) is 11.9. The van der Waals surface area contributed by atoms with Crippen LogP contribution in [0.15, 0.2) is 54.2 Å². The minimum absolute atomic E-state index is 0.172. The van der Waals surface area contributed by atoms with Crippen LogP contribution < -0.4 is 0 Å². The Hall–Kier alpha value is -2.76. The molecule has 27 heavy (non-hydrogen) atoms. The van der Waals surface area contributed by atoms with E-state index in [1.165, 1.54) is 0 Å². The van der Waals surface area contributed by atoms with Crippen LogP contribution in [0.4, 0.5) is 0 Å². The molecule has 2 aromatic rings. The number of hydrogen-bond donors (Lipinski definition) is 0. The van der Waals surface area contributed by atoms with E-state index in [-0.39, 0.29) is 5.97 Å². The molecule has 0 bridgehead atoms. The summed E-state index contributed by atoms with van der Waals surface area (Å²) in [5, 5.41) is 4.43. The fourth-order valence-electron chi connectivity index (χ4n) is 2.68. The number of carbonyl (C=O) groups is 1. The molecular weight excluding hydrogens is 342 g/mol. The molecule has 0 N–H and O–H groups in total. The van der Waals surface area contributed by atoms with Crippen molar-refractivity contribution in [2.24, 2.45) is 5.16 Å². The van der Waals surface area contributed by atoms with Gasteiger partial charge in [-0.2, -0.15) is 0 Å². The summed E-state index contributed by atoms with van der Waals surface area (Å²) in [7, 11) is 0. The summed E-state index contributed by atoms with van der Waals surface area (Å²) >= 11 is 0. The minimum atomic E-state index is -0.401. The van der Waals surface area contributed by atoms with Gasteiger partial charge < -0.3 is 9.57 Å². The van der Waals surface area contributed by atoms with Crippen LogP contribution in [0.5, 0.6) is 0 Å². The zero-order valence-corrected chi connectivity index (χ0v) is 16.2. The summed E-state index contributed by atoms with van der Waals surface area (Å²) < 4.78 is 4.92. The van der Waals surface area contributed by atoms with Gasteiger partial charge in [-0.05, 0) is 57.4 Å². The van der Waals surface area contributed by atoms with Crippen LogP contribution in [-0.2, 0) is 19.8 Å². The molecule has 2 aromatic heterocycles. The summed E-state index contributed by atoms with van der Waals surface area (Å²) in [5.41, 5.74) is 2.33. The lowest BCUT2D eigenvalue weighted by Gasteiger charge is -2.26. The lowest BCUT2D eigenvalue weighted by molar-refractivity contribution is -0.143. The van der Waals surface area contributed by atoms with Crippen molar-refractivity contribution >= 4 is 11.7 Å². The van der Waals surface area contributed by atoms with E-state index in [0.717, 1.165) is 23.3 Å². The van der Waals surface area contributed by atoms with Crippen LogP contribution in [0.2, 0.25) is 0 Å². The topological polar surface area (TPSA) is 73.7 Å². The number of aromatic nitrogens is 2. The number of pyridine rings is 2. The fourth-order valence-corrected chi connectivity index (χ4v) is 2.68. The molecular formula is C21H27N3O3. The first-order valence-electron chi connectivity index (χ1n) is 9.22. The van der Waals surface area contributed by atoms with E-state index in [9.17, 15) is 4.79 Å². The Kier molecular flexibility index (Phi) is 7.92. The highest BCUT2D eigenvalue weighted by Crippen LogP contribution is 2.28. The van der Waals surface area contributed by atoms with E-state index in [1.54, 1.807) is 25.5 Å². The Morgan fingerprint density at radius 3 is 2.48 bits per heavy atom. The maximum atomic E-state index is 11.4. The van der Waals surface area contributed by atoms with Gasteiger partial charge in [0.1, 0.15) is 6.61 Å². The van der Waals surface area contributed by atoms with Gasteiger partial charge in [-0.3, -0.25) is 14.8 Å². The van der Waals surface area contributed by atoms with Crippen molar-refractivity contribution in [2.75, 3.05) is 13.2 Å². The number of rotatable bonds is 10. The average molecular weight is 369 g/mol.